The highest BCUT2D eigenvalue weighted by Crippen LogP contribution is 2.57. The zero-order valence-electron chi connectivity index (χ0n) is 20.1. The molecule has 1 aromatic carbocycles. The molecular formula is C29H37N3O2. The number of benzene rings is 1. The van der Waals surface area contributed by atoms with E-state index in [-0.39, 0.29) is 16.9 Å². The lowest BCUT2D eigenvalue weighted by atomic mass is 9.52. The molecule has 1 aromatic heterocycles. The van der Waals surface area contributed by atoms with Gasteiger partial charge >= 0.3 is 0 Å². The Morgan fingerprint density at radius 1 is 0.971 bits per heavy atom. The van der Waals surface area contributed by atoms with E-state index in [1.165, 1.54) is 42.5 Å². The number of phenolic OH excluding ortho intramolecular Hbond substituents is 1. The zero-order chi connectivity index (χ0) is 23.0. The molecule has 2 aromatic rings. The second-order valence-corrected chi connectivity index (χ2v) is 12.0. The van der Waals surface area contributed by atoms with Gasteiger partial charge in [0.05, 0.1) is 5.60 Å². The first-order chi connectivity index (χ1) is 16.5. The number of nitrogens with zero attached hydrogens (tertiary/aromatic N) is 3. The summed E-state index contributed by atoms with van der Waals surface area (Å²) in [6, 6.07) is 12.4. The lowest BCUT2D eigenvalue weighted by Crippen LogP contribution is -2.71. The Morgan fingerprint density at radius 2 is 1.79 bits per heavy atom. The highest BCUT2D eigenvalue weighted by Gasteiger charge is 2.63. The van der Waals surface area contributed by atoms with Crippen LogP contribution in [0.2, 0.25) is 0 Å². The fourth-order valence-corrected chi connectivity index (χ4v) is 7.82. The van der Waals surface area contributed by atoms with E-state index in [0.29, 0.717) is 5.75 Å². The topological polar surface area (TPSA) is 59.8 Å². The van der Waals surface area contributed by atoms with E-state index >= 15 is 0 Å². The van der Waals surface area contributed by atoms with Gasteiger partial charge in [0.1, 0.15) is 5.75 Å². The molecule has 0 unspecified atom stereocenters. The molecule has 5 aliphatic rings. The lowest BCUT2D eigenvalue weighted by molar-refractivity contribution is -0.149. The summed E-state index contributed by atoms with van der Waals surface area (Å²) in [7, 11) is 0. The van der Waals surface area contributed by atoms with Gasteiger partial charge in [-0.05, 0) is 106 Å². The van der Waals surface area contributed by atoms with E-state index in [9.17, 15) is 10.2 Å². The number of fused-ring (bicyclic) bond motifs is 1. The minimum atomic E-state index is -0.739. The van der Waals surface area contributed by atoms with Crippen molar-refractivity contribution in [2.45, 2.75) is 73.8 Å². The normalized spacial score (nSPS) is 34.7. The summed E-state index contributed by atoms with van der Waals surface area (Å²) in [6.07, 6.45) is 10.7. The molecule has 0 radical (unpaired) electrons. The molecule has 2 N–H and O–H groups in total. The van der Waals surface area contributed by atoms with Crippen LogP contribution in [0, 0.1) is 5.92 Å². The summed E-state index contributed by atoms with van der Waals surface area (Å²) < 4.78 is 0. The Morgan fingerprint density at radius 3 is 2.56 bits per heavy atom. The van der Waals surface area contributed by atoms with Gasteiger partial charge in [0.2, 0.25) is 0 Å². The van der Waals surface area contributed by atoms with Gasteiger partial charge in [0, 0.05) is 48.4 Å². The van der Waals surface area contributed by atoms with Crippen molar-refractivity contribution in [1.82, 2.24) is 14.8 Å². The van der Waals surface area contributed by atoms with E-state index in [1.54, 1.807) is 0 Å². The highest BCUT2D eigenvalue weighted by atomic mass is 16.3. The van der Waals surface area contributed by atoms with Crippen LogP contribution in [-0.2, 0) is 17.3 Å². The van der Waals surface area contributed by atoms with Crippen molar-refractivity contribution < 1.29 is 10.2 Å². The quantitative estimate of drug-likeness (QED) is 0.715. The molecule has 5 heteroatoms. The zero-order valence-corrected chi connectivity index (χ0v) is 20.1. The number of pyridine rings is 1. The molecule has 180 valence electrons. The van der Waals surface area contributed by atoms with Crippen LogP contribution in [0.5, 0.6) is 5.75 Å². The van der Waals surface area contributed by atoms with Gasteiger partial charge in [-0.2, -0.15) is 0 Å². The number of aromatic hydroxyl groups is 1. The number of aromatic nitrogens is 1. The van der Waals surface area contributed by atoms with Crippen molar-refractivity contribution in [3.63, 3.8) is 0 Å². The molecule has 2 aliphatic heterocycles. The molecule has 0 amide bonds. The maximum absolute atomic E-state index is 12.7. The van der Waals surface area contributed by atoms with Crippen LogP contribution in [0.4, 0.5) is 0 Å². The van der Waals surface area contributed by atoms with Crippen LogP contribution in [0.1, 0.15) is 61.8 Å². The molecule has 5 nitrogen and oxygen atoms in total. The molecule has 34 heavy (non-hydrogen) atoms. The summed E-state index contributed by atoms with van der Waals surface area (Å²) in [5.74, 6) is 1.16. The molecule has 7 rings (SSSR count). The predicted octanol–water partition coefficient (Wildman–Crippen LogP) is 3.62. The molecular weight excluding hydrogens is 422 g/mol. The van der Waals surface area contributed by atoms with Gasteiger partial charge in [-0.3, -0.25) is 9.88 Å². The Balaban J connectivity index is 1.23. The van der Waals surface area contributed by atoms with Gasteiger partial charge in [-0.25, -0.2) is 0 Å². The predicted molar refractivity (Wildman–Crippen MR) is 132 cm³/mol. The van der Waals surface area contributed by atoms with Gasteiger partial charge in [-0.15, -0.1) is 0 Å². The fraction of sp³-hybridized carbons (Fsp3) is 0.621. The molecule has 3 heterocycles. The number of likely N-dealkylation sites (tertiary alicyclic amines) is 2. The van der Waals surface area contributed by atoms with Crippen molar-refractivity contribution in [3.05, 3.63) is 59.4 Å². The van der Waals surface area contributed by atoms with Crippen LogP contribution in [0.3, 0.4) is 0 Å². The largest absolute Gasteiger partial charge is 0.508 e. The Kier molecular flexibility index (Phi) is 4.72. The Hall–Kier alpha value is -1.95. The average molecular weight is 460 g/mol. The summed E-state index contributed by atoms with van der Waals surface area (Å²) in [5, 5.41) is 23.1. The van der Waals surface area contributed by atoms with E-state index in [2.05, 4.69) is 28.0 Å². The van der Waals surface area contributed by atoms with Crippen molar-refractivity contribution in [1.29, 1.82) is 0 Å². The van der Waals surface area contributed by atoms with Crippen molar-refractivity contribution in [2.24, 2.45) is 5.92 Å². The van der Waals surface area contributed by atoms with Crippen LogP contribution >= 0.6 is 0 Å². The van der Waals surface area contributed by atoms with Crippen LogP contribution in [-0.4, -0.2) is 69.4 Å². The van der Waals surface area contributed by atoms with E-state index in [0.717, 1.165) is 64.3 Å². The molecule has 2 saturated carbocycles. The summed E-state index contributed by atoms with van der Waals surface area (Å²) in [6.45, 7) is 5.19. The second-order valence-electron chi connectivity index (χ2n) is 12.0. The Bertz CT molecular complexity index is 1080. The average Bonchev–Trinajstić information content (AvgIpc) is 3.76. The summed E-state index contributed by atoms with van der Waals surface area (Å²) in [4.78, 5) is 9.97. The molecule has 3 aliphatic carbocycles. The lowest BCUT2D eigenvalue weighted by Gasteiger charge is -2.61. The molecule has 4 fully saturated rings. The second kappa shape index (κ2) is 7.52. The molecule has 0 spiro atoms. The molecule has 2 saturated heterocycles. The number of hydrogen-bond acceptors (Lipinski definition) is 5. The standard InChI is InChI=1S/C29H37N3O2/c33-23-7-6-22-17-26-29(34)12-15-31(20-27(8-9-27)25-3-1-2-13-30-25)14-10-28(29,24(22)18-23)11-16-32(26)19-21-4-5-21/h1-3,6-7,13,18,21,26,33-34H,4-5,8-12,14-17,19-20H2/t26-,28+,29-/m1/s1. The number of aliphatic hydroxyl groups is 1. The number of hydrogen-bond donors (Lipinski definition) is 2. The van der Waals surface area contributed by atoms with E-state index < -0.39 is 5.60 Å². The summed E-state index contributed by atoms with van der Waals surface area (Å²) in [5.41, 5.74) is 3.00. The minimum absolute atomic E-state index is 0.185. The van der Waals surface area contributed by atoms with Crippen LogP contribution < -0.4 is 0 Å². The number of piperidine rings is 1. The minimum Gasteiger partial charge on any atom is -0.508 e. The fourth-order valence-electron chi connectivity index (χ4n) is 7.82. The van der Waals surface area contributed by atoms with Gasteiger partial charge in [0.25, 0.3) is 0 Å². The SMILES string of the molecule is Oc1ccc2c(c1)[C@@]13CCN(CC4(c5ccccn5)CC4)CC[C@@]1(O)[C@@H](C2)N(CC1CC1)CC3. The van der Waals surface area contributed by atoms with E-state index in [1.807, 2.05) is 24.4 Å². The van der Waals surface area contributed by atoms with Gasteiger partial charge < -0.3 is 15.1 Å². The molecule has 3 atom stereocenters. The first kappa shape index (κ1) is 21.3. The van der Waals surface area contributed by atoms with E-state index in [4.69, 9.17) is 4.98 Å². The monoisotopic (exact) mass is 459 g/mol. The van der Waals surface area contributed by atoms with Gasteiger partial charge in [-0.1, -0.05) is 12.1 Å². The van der Waals surface area contributed by atoms with Crippen LogP contribution in [0.15, 0.2) is 42.6 Å². The summed E-state index contributed by atoms with van der Waals surface area (Å²) >= 11 is 0. The van der Waals surface area contributed by atoms with Crippen molar-refractivity contribution in [2.75, 3.05) is 32.7 Å². The smallest absolute Gasteiger partial charge is 0.115 e. The third-order valence-electron chi connectivity index (χ3n) is 10.1. The van der Waals surface area contributed by atoms with Gasteiger partial charge in [0.15, 0.2) is 0 Å². The third kappa shape index (κ3) is 3.20. The number of phenols is 1. The first-order valence-corrected chi connectivity index (χ1v) is 13.4. The van der Waals surface area contributed by atoms with Crippen molar-refractivity contribution in [3.8, 4) is 5.75 Å². The maximum atomic E-state index is 12.7. The maximum Gasteiger partial charge on any atom is 0.115 e. The number of rotatable bonds is 5. The molecule has 2 bridgehead atoms. The van der Waals surface area contributed by atoms with Crippen molar-refractivity contribution >= 4 is 0 Å². The first-order valence-electron chi connectivity index (χ1n) is 13.4. The third-order valence-corrected chi connectivity index (χ3v) is 10.1. The Labute approximate surface area is 202 Å². The highest BCUT2D eigenvalue weighted by molar-refractivity contribution is 5.48. The van der Waals surface area contributed by atoms with Crippen LogP contribution in [0.25, 0.3) is 0 Å².